The molecule has 1 aromatic heterocycles. The number of hydrogen-bond acceptors (Lipinski definition) is 3. The topological polar surface area (TPSA) is 56.1 Å². The summed E-state index contributed by atoms with van der Waals surface area (Å²) in [7, 11) is 0. The number of carbonyl (C=O) groups is 1. The molecule has 1 amide bonds. The molecule has 0 aliphatic heterocycles. The van der Waals surface area contributed by atoms with Gasteiger partial charge in [-0.2, -0.15) is 0 Å². The summed E-state index contributed by atoms with van der Waals surface area (Å²) in [5, 5.41) is 3.10. The van der Waals surface area contributed by atoms with E-state index in [2.05, 4.69) is 10.3 Å². The van der Waals surface area contributed by atoms with E-state index in [1.807, 2.05) is 6.92 Å². The number of rotatable bonds is 7. The van der Waals surface area contributed by atoms with E-state index >= 15 is 0 Å². The standard InChI is InChI=1S/C10H16ClN3O2/c1-2-16-7-3-4-12-9(15)8-14-6-5-13-10(14)11/h5-6H,2-4,7-8H2,1H3,(H,12,15). The van der Waals surface area contributed by atoms with Crippen LogP contribution in [0.25, 0.3) is 0 Å². The first kappa shape index (κ1) is 13.0. The third-order valence-electron chi connectivity index (χ3n) is 1.97. The summed E-state index contributed by atoms with van der Waals surface area (Å²) in [6.07, 6.45) is 4.05. The molecule has 1 rings (SSSR count). The number of ether oxygens (including phenoxy) is 1. The molecule has 0 aliphatic rings. The van der Waals surface area contributed by atoms with E-state index in [-0.39, 0.29) is 12.5 Å². The van der Waals surface area contributed by atoms with Crippen LogP contribution in [0.3, 0.4) is 0 Å². The lowest BCUT2D eigenvalue weighted by molar-refractivity contribution is -0.121. The van der Waals surface area contributed by atoms with Crippen LogP contribution in [0.2, 0.25) is 5.28 Å². The molecule has 6 heteroatoms. The number of nitrogens with zero attached hydrogens (tertiary/aromatic N) is 2. The number of amides is 1. The van der Waals surface area contributed by atoms with Crippen LogP contribution in [0.15, 0.2) is 12.4 Å². The van der Waals surface area contributed by atoms with Gasteiger partial charge in [-0.3, -0.25) is 4.79 Å². The van der Waals surface area contributed by atoms with E-state index in [1.165, 1.54) is 0 Å². The summed E-state index contributed by atoms with van der Waals surface area (Å²) in [6.45, 7) is 4.14. The minimum Gasteiger partial charge on any atom is -0.382 e. The third-order valence-corrected chi connectivity index (χ3v) is 2.29. The Hall–Kier alpha value is -1.07. The van der Waals surface area contributed by atoms with Gasteiger partial charge >= 0.3 is 0 Å². The zero-order valence-electron chi connectivity index (χ0n) is 9.28. The van der Waals surface area contributed by atoms with Crippen LogP contribution < -0.4 is 5.32 Å². The fraction of sp³-hybridized carbons (Fsp3) is 0.600. The maximum atomic E-state index is 11.4. The Morgan fingerprint density at radius 1 is 1.69 bits per heavy atom. The van der Waals surface area contributed by atoms with Crippen molar-refractivity contribution in [3.63, 3.8) is 0 Å². The summed E-state index contributed by atoms with van der Waals surface area (Å²) >= 11 is 5.74. The molecule has 1 N–H and O–H groups in total. The monoisotopic (exact) mass is 245 g/mol. The zero-order chi connectivity index (χ0) is 11.8. The van der Waals surface area contributed by atoms with Crippen LogP contribution in [0.4, 0.5) is 0 Å². The molecule has 0 radical (unpaired) electrons. The summed E-state index contributed by atoms with van der Waals surface area (Å²) in [5.74, 6) is -0.0728. The summed E-state index contributed by atoms with van der Waals surface area (Å²) < 4.78 is 6.74. The molecule has 0 aromatic carbocycles. The number of nitrogens with one attached hydrogen (secondary N) is 1. The Morgan fingerprint density at radius 3 is 3.12 bits per heavy atom. The molecule has 1 aromatic rings. The van der Waals surface area contributed by atoms with Crippen LogP contribution in [0.5, 0.6) is 0 Å². The van der Waals surface area contributed by atoms with Crippen molar-refractivity contribution in [3.8, 4) is 0 Å². The maximum Gasteiger partial charge on any atom is 0.240 e. The van der Waals surface area contributed by atoms with E-state index in [9.17, 15) is 4.79 Å². The zero-order valence-corrected chi connectivity index (χ0v) is 10.0. The first-order valence-corrected chi connectivity index (χ1v) is 5.63. The molecule has 5 nitrogen and oxygen atoms in total. The highest BCUT2D eigenvalue weighted by Crippen LogP contribution is 2.03. The van der Waals surface area contributed by atoms with Gasteiger partial charge in [-0.15, -0.1) is 0 Å². The Labute approximate surface area is 99.8 Å². The van der Waals surface area contributed by atoms with Crippen molar-refractivity contribution < 1.29 is 9.53 Å². The fourth-order valence-corrected chi connectivity index (χ4v) is 1.36. The van der Waals surface area contributed by atoms with Gasteiger partial charge < -0.3 is 14.6 Å². The molecule has 1 heterocycles. The molecule has 0 saturated heterocycles. The molecule has 90 valence electrons. The highest BCUT2D eigenvalue weighted by Gasteiger charge is 2.04. The number of halogens is 1. The van der Waals surface area contributed by atoms with Gasteiger partial charge in [0.15, 0.2) is 0 Å². The third kappa shape index (κ3) is 4.63. The molecule has 0 unspecified atom stereocenters. The molecule has 0 aliphatic carbocycles. The van der Waals surface area contributed by atoms with Gasteiger partial charge in [0.25, 0.3) is 0 Å². The largest absolute Gasteiger partial charge is 0.382 e. The lowest BCUT2D eigenvalue weighted by Crippen LogP contribution is -2.28. The molecule has 0 atom stereocenters. The van der Waals surface area contributed by atoms with Gasteiger partial charge in [0.05, 0.1) is 0 Å². The van der Waals surface area contributed by atoms with Crippen molar-refractivity contribution in [2.45, 2.75) is 19.9 Å². The second-order valence-corrected chi connectivity index (χ2v) is 3.56. The van der Waals surface area contributed by atoms with Gasteiger partial charge in [-0.25, -0.2) is 4.98 Å². The molecule has 0 bridgehead atoms. The molecule has 0 fully saturated rings. The first-order valence-electron chi connectivity index (χ1n) is 5.25. The second-order valence-electron chi connectivity index (χ2n) is 3.22. The van der Waals surface area contributed by atoms with Crippen molar-refractivity contribution >= 4 is 17.5 Å². The van der Waals surface area contributed by atoms with Crippen molar-refractivity contribution in [2.24, 2.45) is 0 Å². The summed E-state index contributed by atoms with van der Waals surface area (Å²) in [5.41, 5.74) is 0. The quantitative estimate of drug-likeness (QED) is 0.732. The average Bonchev–Trinajstić information content (AvgIpc) is 2.64. The van der Waals surface area contributed by atoms with E-state index in [4.69, 9.17) is 16.3 Å². The Bertz CT molecular complexity index is 328. The summed E-state index contributed by atoms with van der Waals surface area (Å²) in [4.78, 5) is 15.3. The number of imidazole rings is 1. The highest BCUT2D eigenvalue weighted by molar-refractivity contribution is 6.28. The second kappa shape index (κ2) is 7.24. The van der Waals surface area contributed by atoms with Crippen molar-refractivity contribution in [3.05, 3.63) is 17.7 Å². The smallest absolute Gasteiger partial charge is 0.240 e. The van der Waals surface area contributed by atoms with Gasteiger partial charge in [-0.1, -0.05) is 0 Å². The predicted molar refractivity (Wildman–Crippen MR) is 61.4 cm³/mol. The van der Waals surface area contributed by atoms with Gasteiger partial charge in [0, 0.05) is 32.2 Å². The van der Waals surface area contributed by atoms with Gasteiger partial charge in [0.2, 0.25) is 11.2 Å². The lowest BCUT2D eigenvalue weighted by Gasteiger charge is -2.06. The van der Waals surface area contributed by atoms with E-state index in [0.29, 0.717) is 25.0 Å². The summed E-state index contributed by atoms with van der Waals surface area (Å²) in [6, 6.07) is 0. The maximum absolute atomic E-state index is 11.4. The van der Waals surface area contributed by atoms with Crippen LogP contribution in [0.1, 0.15) is 13.3 Å². The fourth-order valence-electron chi connectivity index (χ4n) is 1.19. The van der Waals surface area contributed by atoms with E-state index < -0.39 is 0 Å². The number of hydrogen-bond donors (Lipinski definition) is 1. The molecule has 0 saturated carbocycles. The lowest BCUT2D eigenvalue weighted by atomic mass is 10.4. The van der Waals surface area contributed by atoms with Crippen LogP contribution >= 0.6 is 11.6 Å². The SMILES string of the molecule is CCOCCCNC(=O)Cn1ccnc1Cl. The van der Waals surface area contributed by atoms with Crippen molar-refractivity contribution in [1.82, 2.24) is 14.9 Å². The van der Waals surface area contributed by atoms with Crippen LogP contribution in [0, 0.1) is 0 Å². The Balaban J connectivity index is 2.14. The predicted octanol–water partition coefficient (Wildman–Crippen LogP) is 1.08. The van der Waals surface area contributed by atoms with Gasteiger partial charge in [-0.05, 0) is 24.9 Å². The number of carbonyl (C=O) groups excluding carboxylic acids is 1. The Morgan fingerprint density at radius 2 is 2.50 bits per heavy atom. The van der Waals surface area contributed by atoms with Crippen molar-refractivity contribution in [2.75, 3.05) is 19.8 Å². The van der Waals surface area contributed by atoms with Crippen LogP contribution in [-0.2, 0) is 16.1 Å². The van der Waals surface area contributed by atoms with Crippen LogP contribution in [-0.4, -0.2) is 35.2 Å². The van der Waals surface area contributed by atoms with E-state index in [0.717, 1.165) is 6.42 Å². The Kier molecular flexibility index (Phi) is 5.88. The highest BCUT2D eigenvalue weighted by atomic mass is 35.5. The average molecular weight is 246 g/mol. The minimum absolute atomic E-state index is 0.0728. The first-order chi connectivity index (χ1) is 7.74. The van der Waals surface area contributed by atoms with E-state index in [1.54, 1.807) is 17.0 Å². The molecule has 16 heavy (non-hydrogen) atoms. The van der Waals surface area contributed by atoms with Gasteiger partial charge in [0.1, 0.15) is 6.54 Å². The molecule has 0 spiro atoms. The minimum atomic E-state index is -0.0728. The number of aromatic nitrogens is 2. The van der Waals surface area contributed by atoms with Crippen molar-refractivity contribution in [1.29, 1.82) is 0 Å². The normalized spacial score (nSPS) is 10.4. The molecular formula is C10H16ClN3O2. The molecular weight excluding hydrogens is 230 g/mol.